The van der Waals surface area contributed by atoms with Gasteiger partial charge in [-0.15, -0.1) is 5.10 Å². The molecule has 0 saturated carbocycles. The second-order valence-electron chi connectivity index (χ2n) is 8.57. The molecule has 0 spiro atoms. The van der Waals surface area contributed by atoms with E-state index in [1.54, 1.807) is 22.9 Å². The second kappa shape index (κ2) is 10.6. The topological polar surface area (TPSA) is 111 Å². The Kier molecular flexibility index (Phi) is 7.08. The maximum atomic E-state index is 13.1. The molecule has 4 heterocycles. The number of anilines is 1. The normalized spacial score (nSPS) is 16.1. The minimum Gasteiger partial charge on any atom is -0.383 e. The fourth-order valence-corrected chi connectivity index (χ4v) is 4.15. The van der Waals surface area contributed by atoms with Crippen molar-refractivity contribution in [2.24, 2.45) is 0 Å². The molecule has 5 rings (SSSR count). The highest BCUT2D eigenvalue weighted by Crippen LogP contribution is 2.31. The number of urea groups is 1. The summed E-state index contributed by atoms with van der Waals surface area (Å²) in [5, 5.41) is 16.6. The van der Waals surface area contributed by atoms with Crippen molar-refractivity contribution in [3.05, 3.63) is 54.4 Å². The summed E-state index contributed by atoms with van der Waals surface area (Å²) < 4.78 is 33.4. The van der Waals surface area contributed by atoms with Gasteiger partial charge >= 0.3 is 12.6 Å². The number of hydroxylamine groups is 2. The van der Waals surface area contributed by atoms with E-state index in [4.69, 9.17) is 14.7 Å². The van der Waals surface area contributed by atoms with Gasteiger partial charge in [-0.1, -0.05) is 18.2 Å². The summed E-state index contributed by atoms with van der Waals surface area (Å²) in [4.78, 5) is 22.8. The van der Waals surface area contributed by atoms with Crippen LogP contribution in [-0.2, 0) is 9.57 Å². The predicted octanol–water partition coefficient (Wildman–Crippen LogP) is 3.37. The van der Waals surface area contributed by atoms with Crippen LogP contribution in [0.15, 0.2) is 48.8 Å². The van der Waals surface area contributed by atoms with E-state index in [9.17, 15) is 13.6 Å². The van der Waals surface area contributed by atoms with Gasteiger partial charge in [0.2, 0.25) is 0 Å². The smallest absolute Gasteiger partial charge is 0.333 e. The molecule has 194 valence electrons. The first-order valence-electron chi connectivity index (χ1n) is 11.7. The third kappa shape index (κ3) is 5.28. The van der Waals surface area contributed by atoms with Gasteiger partial charge in [0.25, 0.3) is 0 Å². The highest BCUT2D eigenvalue weighted by Gasteiger charge is 2.26. The molecule has 1 atom stereocenters. The van der Waals surface area contributed by atoms with Crippen LogP contribution in [-0.4, -0.2) is 75.1 Å². The molecule has 0 aliphatic carbocycles. The molecule has 1 fully saturated rings. The summed E-state index contributed by atoms with van der Waals surface area (Å²) in [5.74, 6) is 0.470. The molecule has 4 aromatic rings. The number of nitrogens with zero attached hydrogens (tertiary/aromatic N) is 6. The quantitative estimate of drug-likeness (QED) is 0.372. The first kappa shape index (κ1) is 24.7. The monoisotopic (exact) mass is 512 g/mol. The molecule has 2 N–H and O–H groups in total. The zero-order valence-corrected chi connectivity index (χ0v) is 20.3. The lowest BCUT2D eigenvalue weighted by molar-refractivity contribution is -0.118. The highest BCUT2D eigenvalue weighted by atomic mass is 19.3. The molecule has 13 heteroatoms. The third-order valence-electron chi connectivity index (χ3n) is 5.97. The van der Waals surface area contributed by atoms with Crippen molar-refractivity contribution in [2.75, 3.05) is 38.7 Å². The van der Waals surface area contributed by atoms with E-state index in [1.165, 1.54) is 12.4 Å². The van der Waals surface area contributed by atoms with Crippen molar-refractivity contribution in [3.8, 4) is 16.9 Å². The second-order valence-corrected chi connectivity index (χ2v) is 8.57. The number of pyridine rings is 1. The van der Waals surface area contributed by atoms with Crippen LogP contribution in [0.3, 0.4) is 0 Å². The summed E-state index contributed by atoms with van der Waals surface area (Å²) in [6.07, 6.45) is 2.77. The Morgan fingerprint density at radius 3 is 2.84 bits per heavy atom. The van der Waals surface area contributed by atoms with E-state index in [1.807, 2.05) is 37.3 Å². The molecule has 37 heavy (non-hydrogen) atoms. The van der Waals surface area contributed by atoms with Gasteiger partial charge in [0, 0.05) is 49.1 Å². The zero-order valence-electron chi connectivity index (χ0n) is 20.3. The Morgan fingerprint density at radius 1 is 1.27 bits per heavy atom. The van der Waals surface area contributed by atoms with Crippen molar-refractivity contribution < 1.29 is 23.1 Å². The van der Waals surface area contributed by atoms with Gasteiger partial charge in [0.15, 0.2) is 5.65 Å². The van der Waals surface area contributed by atoms with Crippen LogP contribution in [0, 0.1) is 6.92 Å². The van der Waals surface area contributed by atoms with E-state index in [-0.39, 0.29) is 11.7 Å². The fraction of sp³-hybridized carbons (Fsp3) is 0.333. The van der Waals surface area contributed by atoms with Crippen LogP contribution in [0.2, 0.25) is 0 Å². The van der Waals surface area contributed by atoms with Crippen LogP contribution in [0.25, 0.3) is 28.0 Å². The summed E-state index contributed by atoms with van der Waals surface area (Å²) in [5.41, 5.74) is 2.79. The average Bonchev–Trinajstić information content (AvgIpc) is 3.61. The molecular formula is C24H26F2N8O3. The number of para-hydroxylation sites is 1. The number of benzene rings is 1. The Morgan fingerprint density at radius 2 is 2.08 bits per heavy atom. The third-order valence-corrected chi connectivity index (χ3v) is 5.97. The van der Waals surface area contributed by atoms with Gasteiger partial charge in [0.1, 0.15) is 5.82 Å². The standard InChI is InChI=1S/C24H26F2N8O3/c1-15-20(16-10-17-12-33(23(25)26)31-21(17)27-11-16)30-34(19-6-4-3-5-7-19)22(15)29-24(35)28-18-13-32(37-14-18)8-9-36-2/h3-7,10-12,18,23H,8-9,13-14H2,1-2H3,(H2,28,29,35)/t18-/m1/s1. The van der Waals surface area contributed by atoms with Crippen molar-refractivity contribution in [1.29, 1.82) is 0 Å². The number of carbonyl (C=O) groups excluding carboxylic acids is 1. The minimum atomic E-state index is -2.76. The maximum absolute atomic E-state index is 13.1. The zero-order chi connectivity index (χ0) is 25.9. The molecule has 0 bridgehead atoms. The number of alkyl halides is 2. The minimum absolute atomic E-state index is 0.192. The summed E-state index contributed by atoms with van der Waals surface area (Å²) >= 11 is 0. The Bertz CT molecular complexity index is 1390. The molecule has 2 amide bonds. The number of fused-ring (bicyclic) bond motifs is 1. The number of halogens is 2. The van der Waals surface area contributed by atoms with Crippen molar-refractivity contribution in [2.45, 2.75) is 19.5 Å². The van der Waals surface area contributed by atoms with E-state index in [2.05, 4.69) is 20.7 Å². The first-order chi connectivity index (χ1) is 17.9. The van der Waals surface area contributed by atoms with Gasteiger partial charge in [-0.2, -0.15) is 18.9 Å². The van der Waals surface area contributed by atoms with Crippen LogP contribution in [0.1, 0.15) is 12.1 Å². The largest absolute Gasteiger partial charge is 0.383 e. The van der Waals surface area contributed by atoms with Gasteiger partial charge in [-0.25, -0.2) is 19.1 Å². The number of ether oxygens (including phenoxy) is 1. The molecule has 0 unspecified atom stereocenters. The fourth-order valence-electron chi connectivity index (χ4n) is 4.15. The molecule has 1 aliphatic heterocycles. The molecule has 1 saturated heterocycles. The number of hydrogen-bond acceptors (Lipinski definition) is 7. The lowest BCUT2D eigenvalue weighted by Gasteiger charge is -2.15. The number of carbonyl (C=O) groups is 1. The summed E-state index contributed by atoms with van der Waals surface area (Å²) in [6, 6.07) is 10.5. The molecule has 0 radical (unpaired) electrons. The number of nitrogens with one attached hydrogen (secondary N) is 2. The van der Waals surface area contributed by atoms with E-state index in [0.29, 0.717) is 59.0 Å². The Balaban J connectivity index is 1.42. The van der Waals surface area contributed by atoms with Gasteiger partial charge in [0.05, 0.1) is 30.6 Å². The molecular weight excluding hydrogens is 486 g/mol. The SMILES string of the molecule is COCCN1C[C@@H](NC(=O)Nc2c(C)c(-c3cnc4nn(C(F)F)cc4c3)nn2-c2ccccc2)CO1. The van der Waals surface area contributed by atoms with E-state index >= 15 is 0 Å². The number of aromatic nitrogens is 5. The van der Waals surface area contributed by atoms with E-state index < -0.39 is 12.6 Å². The number of hydrogen-bond donors (Lipinski definition) is 2. The van der Waals surface area contributed by atoms with Crippen molar-refractivity contribution >= 4 is 22.9 Å². The first-order valence-corrected chi connectivity index (χ1v) is 11.7. The van der Waals surface area contributed by atoms with Crippen LogP contribution < -0.4 is 10.6 Å². The number of rotatable bonds is 8. The van der Waals surface area contributed by atoms with E-state index in [0.717, 1.165) is 5.69 Å². The van der Waals surface area contributed by atoms with Crippen LogP contribution in [0.5, 0.6) is 0 Å². The molecule has 1 aromatic carbocycles. The van der Waals surface area contributed by atoms with Gasteiger partial charge in [-0.3, -0.25) is 10.2 Å². The maximum Gasteiger partial charge on any atom is 0.333 e. The van der Waals surface area contributed by atoms with Crippen molar-refractivity contribution in [1.82, 2.24) is 34.9 Å². The van der Waals surface area contributed by atoms with Gasteiger partial charge < -0.3 is 10.1 Å². The summed E-state index contributed by atoms with van der Waals surface area (Å²) in [6.45, 7) is 1.10. The lowest BCUT2D eigenvalue weighted by atomic mass is 10.1. The molecule has 3 aromatic heterocycles. The van der Waals surface area contributed by atoms with Gasteiger partial charge in [-0.05, 0) is 25.1 Å². The Labute approximate surface area is 210 Å². The van der Waals surface area contributed by atoms with Crippen molar-refractivity contribution in [3.63, 3.8) is 0 Å². The molecule has 1 aliphatic rings. The number of amides is 2. The lowest BCUT2D eigenvalue weighted by Crippen LogP contribution is -2.41. The number of methoxy groups -OCH3 is 1. The highest BCUT2D eigenvalue weighted by molar-refractivity contribution is 5.91. The molecule has 11 nitrogen and oxygen atoms in total. The Hall–Kier alpha value is -3.94. The van der Waals surface area contributed by atoms with Crippen LogP contribution >= 0.6 is 0 Å². The summed E-state index contributed by atoms with van der Waals surface area (Å²) in [7, 11) is 1.62. The predicted molar refractivity (Wildman–Crippen MR) is 131 cm³/mol. The van der Waals surface area contributed by atoms with Crippen LogP contribution in [0.4, 0.5) is 19.4 Å². The average molecular weight is 513 g/mol.